The predicted molar refractivity (Wildman–Crippen MR) is 74.4 cm³/mol. The smallest absolute Gasteiger partial charge is 0.0890 e. The van der Waals surface area contributed by atoms with Crippen molar-refractivity contribution in [3.8, 4) is 0 Å². The van der Waals surface area contributed by atoms with E-state index in [2.05, 4.69) is 15.0 Å². The Morgan fingerprint density at radius 1 is 1.00 bits per heavy atom. The summed E-state index contributed by atoms with van der Waals surface area (Å²) in [7, 11) is 0. The minimum Gasteiger partial charge on any atom is -0.324 e. The van der Waals surface area contributed by atoms with E-state index in [0.717, 1.165) is 28.6 Å². The Morgan fingerprint density at radius 3 is 2.63 bits per heavy atom. The van der Waals surface area contributed by atoms with Gasteiger partial charge in [0.05, 0.1) is 11.0 Å². The van der Waals surface area contributed by atoms with E-state index in [9.17, 15) is 0 Å². The molecule has 0 bridgehead atoms. The highest BCUT2D eigenvalue weighted by atomic mass is 14.8. The van der Waals surface area contributed by atoms with E-state index in [1.54, 1.807) is 18.6 Å². The summed E-state index contributed by atoms with van der Waals surface area (Å²) < 4.78 is 0. The molecule has 4 nitrogen and oxygen atoms in total. The normalized spacial score (nSPS) is 12.5. The second-order valence-electron chi connectivity index (χ2n) is 4.48. The quantitative estimate of drug-likeness (QED) is 0.774. The SMILES string of the molecule is NC(Cc1cccnc1)c1ccc2nccnc2c1. The maximum Gasteiger partial charge on any atom is 0.0890 e. The lowest BCUT2D eigenvalue weighted by Gasteiger charge is -2.12. The van der Waals surface area contributed by atoms with Gasteiger partial charge in [0.1, 0.15) is 0 Å². The second-order valence-corrected chi connectivity index (χ2v) is 4.48. The molecular formula is C15H14N4. The molecular weight excluding hydrogens is 236 g/mol. The van der Waals surface area contributed by atoms with Gasteiger partial charge in [-0.1, -0.05) is 12.1 Å². The summed E-state index contributed by atoms with van der Waals surface area (Å²) in [6, 6.07) is 9.87. The van der Waals surface area contributed by atoms with Crippen molar-refractivity contribution >= 4 is 11.0 Å². The molecule has 1 atom stereocenters. The molecule has 2 aromatic heterocycles. The lowest BCUT2D eigenvalue weighted by atomic mass is 10.0. The minimum absolute atomic E-state index is 0.0596. The third-order valence-electron chi connectivity index (χ3n) is 3.10. The van der Waals surface area contributed by atoms with Crippen molar-refractivity contribution in [3.05, 3.63) is 66.2 Å². The third kappa shape index (κ3) is 2.58. The number of aromatic nitrogens is 3. The Hall–Kier alpha value is -2.33. The number of rotatable bonds is 3. The molecule has 4 heteroatoms. The standard InChI is InChI=1S/C15H14N4/c16-13(8-11-2-1-5-17-10-11)12-3-4-14-15(9-12)19-7-6-18-14/h1-7,9-10,13H,8,16H2. The molecule has 19 heavy (non-hydrogen) atoms. The summed E-state index contributed by atoms with van der Waals surface area (Å²) >= 11 is 0. The molecule has 0 saturated heterocycles. The molecule has 0 spiro atoms. The fraction of sp³-hybridized carbons (Fsp3) is 0.133. The van der Waals surface area contributed by atoms with E-state index in [4.69, 9.17) is 5.73 Å². The summed E-state index contributed by atoms with van der Waals surface area (Å²) in [5.74, 6) is 0. The van der Waals surface area contributed by atoms with E-state index < -0.39 is 0 Å². The van der Waals surface area contributed by atoms with Crippen molar-refractivity contribution in [1.82, 2.24) is 15.0 Å². The summed E-state index contributed by atoms with van der Waals surface area (Å²) in [4.78, 5) is 12.7. The van der Waals surface area contributed by atoms with Crippen molar-refractivity contribution < 1.29 is 0 Å². The highest BCUT2D eigenvalue weighted by Crippen LogP contribution is 2.19. The van der Waals surface area contributed by atoms with Crippen LogP contribution in [-0.4, -0.2) is 15.0 Å². The topological polar surface area (TPSA) is 64.7 Å². The molecule has 1 aromatic carbocycles. The number of hydrogen-bond acceptors (Lipinski definition) is 4. The van der Waals surface area contributed by atoms with E-state index in [1.165, 1.54) is 0 Å². The van der Waals surface area contributed by atoms with Crippen molar-refractivity contribution in [3.63, 3.8) is 0 Å². The molecule has 0 saturated carbocycles. The van der Waals surface area contributed by atoms with Gasteiger partial charge in [-0.2, -0.15) is 0 Å². The zero-order valence-electron chi connectivity index (χ0n) is 10.4. The van der Waals surface area contributed by atoms with Crippen LogP contribution in [0.5, 0.6) is 0 Å². The van der Waals surface area contributed by atoms with Crippen molar-refractivity contribution in [1.29, 1.82) is 0 Å². The average molecular weight is 250 g/mol. The van der Waals surface area contributed by atoms with Gasteiger partial charge in [-0.3, -0.25) is 15.0 Å². The molecule has 0 aliphatic heterocycles. The number of nitrogens with zero attached hydrogens (tertiary/aromatic N) is 3. The van der Waals surface area contributed by atoms with Crippen LogP contribution in [0.1, 0.15) is 17.2 Å². The predicted octanol–water partition coefficient (Wildman–Crippen LogP) is 2.27. The van der Waals surface area contributed by atoms with Crippen molar-refractivity contribution in [2.75, 3.05) is 0 Å². The van der Waals surface area contributed by atoms with Crippen LogP contribution in [0.2, 0.25) is 0 Å². The van der Waals surface area contributed by atoms with Crippen LogP contribution in [0.4, 0.5) is 0 Å². The Bertz CT molecular complexity index is 682. The minimum atomic E-state index is -0.0596. The van der Waals surface area contributed by atoms with Crippen LogP contribution >= 0.6 is 0 Å². The van der Waals surface area contributed by atoms with Gasteiger partial charge in [-0.25, -0.2) is 0 Å². The van der Waals surface area contributed by atoms with Crippen molar-refractivity contribution in [2.24, 2.45) is 5.73 Å². The lowest BCUT2D eigenvalue weighted by Crippen LogP contribution is -2.13. The molecule has 1 unspecified atom stereocenters. The van der Waals surface area contributed by atoms with Gasteiger partial charge in [0.25, 0.3) is 0 Å². The molecule has 3 aromatic rings. The Morgan fingerprint density at radius 2 is 1.84 bits per heavy atom. The first-order valence-corrected chi connectivity index (χ1v) is 6.18. The molecule has 3 rings (SSSR count). The van der Waals surface area contributed by atoms with Crippen molar-refractivity contribution in [2.45, 2.75) is 12.5 Å². The van der Waals surface area contributed by atoms with Gasteiger partial charge in [0, 0.05) is 30.8 Å². The van der Waals surface area contributed by atoms with Crippen LogP contribution in [0, 0.1) is 0 Å². The molecule has 94 valence electrons. The monoisotopic (exact) mass is 250 g/mol. The van der Waals surface area contributed by atoms with E-state index in [1.807, 2.05) is 36.5 Å². The Kier molecular flexibility index (Phi) is 3.16. The number of pyridine rings is 1. The molecule has 2 heterocycles. The summed E-state index contributed by atoms with van der Waals surface area (Å²) in [6.07, 6.45) is 7.76. The fourth-order valence-electron chi connectivity index (χ4n) is 2.10. The maximum atomic E-state index is 6.24. The zero-order valence-corrected chi connectivity index (χ0v) is 10.4. The first-order chi connectivity index (χ1) is 9.33. The van der Waals surface area contributed by atoms with Crippen LogP contribution in [-0.2, 0) is 6.42 Å². The highest BCUT2D eigenvalue weighted by molar-refractivity contribution is 5.74. The number of benzene rings is 1. The van der Waals surface area contributed by atoms with Gasteiger partial charge >= 0.3 is 0 Å². The van der Waals surface area contributed by atoms with Gasteiger partial charge in [0.2, 0.25) is 0 Å². The van der Waals surface area contributed by atoms with Crippen LogP contribution < -0.4 is 5.73 Å². The van der Waals surface area contributed by atoms with Crippen LogP contribution in [0.3, 0.4) is 0 Å². The lowest BCUT2D eigenvalue weighted by molar-refractivity contribution is 0.720. The zero-order chi connectivity index (χ0) is 13.1. The Labute approximate surface area is 111 Å². The molecule has 0 aliphatic rings. The number of hydrogen-bond donors (Lipinski definition) is 1. The average Bonchev–Trinajstić information content (AvgIpc) is 2.48. The van der Waals surface area contributed by atoms with E-state index in [0.29, 0.717) is 0 Å². The van der Waals surface area contributed by atoms with Gasteiger partial charge in [-0.15, -0.1) is 0 Å². The Balaban J connectivity index is 1.87. The second kappa shape index (κ2) is 5.12. The third-order valence-corrected chi connectivity index (χ3v) is 3.10. The van der Waals surface area contributed by atoms with Gasteiger partial charge < -0.3 is 5.73 Å². The molecule has 0 radical (unpaired) electrons. The van der Waals surface area contributed by atoms with Gasteiger partial charge in [0.15, 0.2) is 0 Å². The number of fused-ring (bicyclic) bond motifs is 1. The molecule has 0 aliphatic carbocycles. The fourth-order valence-corrected chi connectivity index (χ4v) is 2.10. The highest BCUT2D eigenvalue weighted by Gasteiger charge is 2.08. The first kappa shape index (κ1) is 11.7. The van der Waals surface area contributed by atoms with E-state index in [-0.39, 0.29) is 6.04 Å². The van der Waals surface area contributed by atoms with Crippen LogP contribution in [0.15, 0.2) is 55.1 Å². The summed E-state index contributed by atoms with van der Waals surface area (Å²) in [5.41, 5.74) is 10.2. The van der Waals surface area contributed by atoms with E-state index >= 15 is 0 Å². The first-order valence-electron chi connectivity index (χ1n) is 6.18. The molecule has 0 amide bonds. The molecule has 2 N–H and O–H groups in total. The number of nitrogens with two attached hydrogens (primary N) is 1. The maximum absolute atomic E-state index is 6.24. The summed E-state index contributed by atoms with van der Waals surface area (Å²) in [6.45, 7) is 0. The largest absolute Gasteiger partial charge is 0.324 e. The summed E-state index contributed by atoms with van der Waals surface area (Å²) in [5, 5.41) is 0. The van der Waals surface area contributed by atoms with Crippen LogP contribution in [0.25, 0.3) is 11.0 Å². The van der Waals surface area contributed by atoms with Gasteiger partial charge in [-0.05, 0) is 35.7 Å². The molecule has 0 fully saturated rings.